The normalized spacial score (nSPS) is 15.9. The van der Waals surface area contributed by atoms with Crippen LogP contribution < -0.4 is 5.32 Å². The first-order valence-corrected chi connectivity index (χ1v) is 4.77. The number of rotatable bonds is 2. The van der Waals surface area contributed by atoms with Crippen LogP contribution in [-0.2, 0) is 32.7 Å². The fraction of sp³-hybridized carbons (Fsp3) is 0.250. The molecule has 0 fully saturated rings. The van der Waals surface area contributed by atoms with Crippen LogP contribution in [-0.4, -0.2) is 19.3 Å². The van der Waals surface area contributed by atoms with Crippen LogP contribution in [0.25, 0.3) is 0 Å². The minimum atomic E-state index is 0. The van der Waals surface area contributed by atoms with Gasteiger partial charge in [0.05, 0.1) is 0 Å². The molecular formula is C12H12N2Y-2. The molecule has 1 aromatic carbocycles. The Balaban J connectivity index is 0.00000112. The van der Waals surface area contributed by atoms with E-state index in [4.69, 9.17) is 0 Å². The summed E-state index contributed by atoms with van der Waals surface area (Å²) in [4.78, 5) is 4.27. The molecule has 1 aromatic rings. The van der Waals surface area contributed by atoms with Gasteiger partial charge in [-0.1, -0.05) is 12.5 Å². The average molecular weight is 273 g/mol. The van der Waals surface area contributed by atoms with Crippen LogP contribution in [0.5, 0.6) is 0 Å². The van der Waals surface area contributed by atoms with Crippen LogP contribution in [0.2, 0.25) is 0 Å². The van der Waals surface area contributed by atoms with Crippen molar-refractivity contribution in [3.05, 3.63) is 47.7 Å². The molecule has 0 atom stereocenters. The first kappa shape index (κ1) is 12.8. The summed E-state index contributed by atoms with van der Waals surface area (Å²) in [5, 5.41) is 3.19. The van der Waals surface area contributed by atoms with Crippen molar-refractivity contribution in [3.63, 3.8) is 0 Å². The molecular weight excluding hydrogens is 261 g/mol. The van der Waals surface area contributed by atoms with Crippen LogP contribution >= 0.6 is 0 Å². The van der Waals surface area contributed by atoms with Gasteiger partial charge in [0.25, 0.3) is 0 Å². The first-order chi connectivity index (χ1) is 6.95. The minimum absolute atomic E-state index is 0. The first-order valence-electron chi connectivity index (χ1n) is 4.77. The Morgan fingerprint density at radius 3 is 2.73 bits per heavy atom. The second-order valence-electron chi connectivity index (χ2n) is 3.14. The van der Waals surface area contributed by atoms with E-state index in [0.29, 0.717) is 0 Å². The van der Waals surface area contributed by atoms with Gasteiger partial charge in [-0.25, -0.2) is 5.70 Å². The molecule has 0 saturated heterocycles. The molecule has 2 rings (SSSR count). The van der Waals surface area contributed by atoms with Gasteiger partial charge in [-0.3, -0.25) is 0 Å². The molecule has 1 N–H and O–H groups in total. The molecule has 0 amide bonds. The molecule has 2 nitrogen and oxygen atoms in total. The largest absolute Gasteiger partial charge is 0.513 e. The van der Waals surface area contributed by atoms with Crippen LogP contribution in [0, 0.1) is 6.08 Å². The SMILES string of the molecule is [C-](=NC1=[C-]CNCC1)c1ccccc1.[Y]. The fourth-order valence-electron chi connectivity index (χ4n) is 1.29. The number of hydrogen-bond acceptors (Lipinski definition) is 2. The third-order valence-corrected chi connectivity index (χ3v) is 2.05. The van der Waals surface area contributed by atoms with Gasteiger partial charge in [0.15, 0.2) is 0 Å². The standard InChI is InChI=1S/C12H12N2.Y/c1-2-4-11(5-3-1)10-14-12-6-8-13-9-7-12;/h1-5,13H,6,8-9H2;/q-2;. The van der Waals surface area contributed by atoms with Gasteiger partial charge in [0, 0.05) is 32.7 Å². The molecule has 1 aliphatic heterocycles. The quantitative estimate of drug-likeness (QED) is 0.643. The Hall–Kier alpha value is -0.306. The molecule has 0 bridgehead atoms. The van der Waals surface area contributed by atoms with Crippen molar-refractivity contribution in [1.29, 1.82) is 0 Å². The van der Waals surface area contributed by atoms with Crippen molar-refractivity contribution >= 4 is 6.21 Å². The Morgan fingerprint density at radius 2 is 2.07 bits per heavy atom. The summed E-state index contributed by atoms with van der Waals surface area (Å²) in [6, 6.07) is 9.94. The van der Waals surface area contributed by atoms with Crippen molar-refractivity contribution < 1.29 is 32.7 Å². The summed E-state index contributed by atoms with van der Waals surface area (Å²) in [5.74, 6) is 0. The smallest absolute Gasteiger partial charge is 0 e. The van der Waals surface area contributed by atoms with Crippen LogP contribution in [0.3, 0.4) is 0 Å². The van der Waals surface area contributed by atoms with Gasteiger partial charge in [-0.05, 0) is 12.8 Å². The van der Waals surface area contributed by atoms with Crippen molar-refractivity contribution in [2.75, 3.05) is 13.1 Å². The molecule has 0 spiro atoms. The van der Waals surface area contributed by atoms with E-state index in [9.17, 15) is 0 Å². The summed E-state index contributed by atoms with van der Waals surface area (Å²) in [7, 11) is 0. The molecule has 0 aliphatic carbocycles. The predicted molar refractivity (Wildman–Crippen MR) is 57.2 cm³/mol. The molecule has 0 aromatic heterocycles. The van der Waals surface area contributed by atoms with Gasteiger partial charge < -0.3 is 16.4 Å². The number of nitrogens with zero attached hydrogens (tertiary/aromatic N) is 1. The molecule has 0 saturated carbocycles. The maximum absolute atomic E-state index is 4.27. The molecule has 15 heavy (non-hydrogen) atoms. The van der Waals surface area contributed by atoms with Crippen molar-refractivity contribution in [2.24, 2.45) is 4.99 Å². The average Bonchev–Trinajstić information content (AvgIpc) is 2.29. The minimum Gasteiger partial charge on any atom is -0.513 e. The Kier molecular flexibility index (Phi) is 6.00. The summed E-state index contributed by atoms with van der Waals surface area (Å²) < 4.78 is 0. The van der Waals surface area contributed by atoms with Gasteiger partial charge >= 0.3 is 0 Å². The van der Waals surface area contributed by atoms with Crippen LogP contribution in [0.4, 0.5) is 0 Å². The fourth-order valence-corrected chi connectivity index (χ4v) is 1.29. The van der Waals surface area contributed by atoms with Crippen LogP contribution in [0.1, 0.15) is 12.0 Å². The van der Waals surface area contributed by atoms with Crippen molar-refractivity contribution in [1.82, 2.24) is 5.32 Å². The molecule has 1 radical (unpaired) electrons. The zero-order valence-corrected chi connectivity index (χ0v) is 11.4. The van der Waals surface area contributed by atoms with E-state index in [1.165, 1.54) is 0 Å². The predicted octanol–water partition coefficient (Wildman–Crippen LogP) is 1.66. The second kappa shape index (κ2) is 7.05. The maximum Gasteiger partial charge on any atom is 0 e. The van der Waals surface area contributed by atoms with E-state index in [2.05, 4.69) is 22.6 Å². The summed E-state index contributed by atoms with van der Waals surface area (Å²) >= 11 is 0. The van der Waals surface area contributed by atoms with E-state index in [1.54, 1.807) is 0 Å². The van der Waals surface area contributed by atoms with Crippen molar-refractivity contribution in [3.8, 4) is 0 Å². The molecule has 0 unspecified atom stereocenters. The number of hydrogen-bond donors (Lipinski definition) is 1. The molecule has 1 heterocycles. The zero-order chi connectivity index (χ0) is 9.64. The topological polar surface area (TPSA) is 24.4 Å². The summed E-state index contributed by atoms with van der Waals surface area (Å²) in [6.07, 6.45) is 7.12. The zero-order valence-electron chi connectivity index (χ0n) is 8.53. The second-order valence-corrected chi connectivity index (χ2v) is 3.14. The number of aliphatic imine (C=N–C) groups is 1. The van der Waals surface area contributed by atoms with Gasteiger partial charge in [-0.2, -0.15) is 0 Å². The summed E-state index contributed by atoms with van der Waals surface area (Å²) in [6.45, 7) is 1.79. The van der Waals surface area contributed by atoms with E-state index in [-0.39, 0.29) is 32.7 Å². The number of benzene rings is 1. The molecule has 1 aliphatic rings. The van der Waals surface area contributed by atoms with Gasteiger partial charge in [0.1, 0.15) is 0 Å². The monoisotopic (exact) mass is 273 g/mol. The van der Waals surface area contributed by atoms with Crippen LogP contribution in [0.15, 0.2) is 41.0 Å². The molecule has 75 valence electrons. The van der Waals surface area contributed by atoms with Gasteiger partial charge in [0.2, 0.25) is 0 Å². The van der Waals surface area contributed by atoms with E-state index in [0.717, 1.165) is 30.8 Å². The molecule has 3 heteroatoms. The Morgan fingerprint density at radius 1 is 1.27 bits per heavy atom. The third kappa shape index (κ3) is 4.37. The van der Waals surface area contributed by atoms with E-state index >= 15 is 0 Å². The summed E-state index contributed by atoms with van der Waals surface area (Å²) in [5.41, 5.74) is 2.02. The van der Waals surface area contributed by atoms with Gasteiger partial charge in [-0.15, -0.1) is 36.4 Å². The van der Waals surface area contributed by atoms with E-state index in [1.807, 2.05) is 30.3 Å². The maximum atomic E-state index is 4.27. The third-order valence-electron chi connectivity index (χ3n) is 2.05. The Labute approximate surface area is 116 Å². The van der Waals surface area contributed by atoms with E-state index < -0.39 is 0 Å². The van der Waals surface area contributed by atoms with Crippen molar-refractivity contribution in [2.45, 2.75) is 6.42 Å². The Bertz CT molecular complexity index is 344. The number of nitrogens with one attached hydrogen (secondary N) is 1.